The molecule has 1 N–H and O–H groups in total. The van der Waals surface area contributed by atoms with Gasteiger partial charge < -0.3 is 10.2 Å². The Morgan fingerprint density at radius 1 is 1.38 bits per heavy atom. The minimum absolute atomic E-state index is 0.151. The van der Waals surface area contributed by atoms with E-state index in [2.05, 4.69) is 31.3 Å². The predicted molar refractivity (Wildman–Crippen MR) is 65.7 cm³/mol. The van der Waals surface area contributed by atoms with E-state index in [1.807, 2.05) is 14.1 Å². The van der Waals surface area contributed by atoms with E-state index in [9.17, 15) is 4.79 Å². The van der Waals surface area contributed by atoms with E-state index in [-0.39, 0.29) is 11.9 Å². The van der Waals surface area contributed by atoms with Gasteiger partial charge >= 0.3 is 0 Å². The van der Waals surface area contributed by atoms with Gasteiger partial charge in [0.1, 0.15) is 0 Å². The lowest BCUT2D eigenvalue weighted by atomic mass is 9.91. The van der Waals surface area contributed by atoms with Crippen molar-refractivity contribution in [3.05, 3.63) is 28.8 Å². The molecule has 1 heterocycles. The summed E-state index contributed by atoms with van der Waals surface area (Å²) in [7, 11) is 3.77. The molecule has 0 spiro atoms. The van der Waals surface area contributed by atoms with Crippen molar-refractivity contribution in [1.82, 2.24) is 5.32 Å². The van der Waals surface area contributed by atoms with Crippen LogP contribution in [-0.4, -0.2) is 20.0 Å². The van der Waals surface area contributed by atoms with Gasteiger partial charge in [0.2, 0.25) is 5.91 Å². The van der Waals surface area contributed by atoms with Gasteiger partial charge in [0.25, 0.3) is 0 Å². The number of fused-ring (bicyclic) bond motifs is 1. The molecule has 1 unspecified atom stereocenters. The number of nitrogens with zero attached hydrogens (tertiary/aromatic N) is 1. The quantitative estimate of drug-likeness (QED) is 0.781. The van der Waals surface area contributed by atoms with Gasteiger partial charge in [-0.15, -0.1) is 0 Å². The largest absolute Gasteiger partial charge is 0.315 e. The fraction of sp³-hybridized carbons (Fsp3) is 0.462. The third-order valence-corrected chi connectivity index (χ3v) is 3.55. The molecule has 2 rings (SSSR count). The van der Waals surface area contributed by atoms with Gasteiger partial charge in [-0.1, -0.05) is 12.1 Å². The fourth-order valence-electron chi connectivity index (χ4n) is 2.35. The number of aryl methyl sites for hydroxylation is 1. The van der Waals surface area contributed by atoms with Crippen molar-refractivity contribution in [3.63, 3.8) is 0 Å². The Kier molecular flexibility index (Phi) is 2.72. The first-order valence-electron chi connectivity index (χ1n) is 5.60. The summed E-state index contributed by atoms with van der Waals surface area (Å²) in [5.41, 5.74) is 4.74. The van der Waals surface area contributed by atoms with Gasteiger partial charge in [0.15, 0.2) is 0 Å². The Morgan fingerprint density at radius 2 is 2.06 bits per heavy atom. The van der Waals surface area contributed by atoms with Crippen LogP contribution in [0.3, 0.4) is 0 Å². The highest BCUT2D eigenvalue weighted by Crippen LogP contribution is 2.37. The van der Waals surface area contributed by atoms with Crippen molar-refractivity contribution in [2.75, 3.05) is 19.0 Å². The predicted octanol–water partition coefficient (Wildman–Crippen LogP) is 1.93. The SMILES string of the molecule is CNC1CC(=O)N(C)c2c1ccc(C)c2C. The molecule has 3 nitrogen and oxygen atoms in total. The third kappa shape index (κ3) is 1.52. The van der Waals surface area contributed by atoms with Crippen molar-refractivity contribution in [1.29, 1.82) is 0 Å². The lowest BCUT2D eigenvalue weighted by Gasteiger charge is -2.33. The zero-order chi connectivity index (χ0) is 11.9. The molecular formula is C13H18N2O. The summed E-state index contributed by atoms with van der Waals surface area (Å²) >= 11 is 0. The van der Waals surface area contributed by atoms with E-state index >= 15 is 0 Å². The number of nitrogens with one attached hydrogen (secondary N) is 1. The number of rotatable bonds is 1. The summed E-state index contributed by atoms with van der Waals surface area (Å²) in [4.78, 5) is 13.7. The first-order chi connectivity index (χ1) is 7.56. The molecular weight excluding hydrogens is 200 g/mol. The summed E-state index contributed by atoms with van der Waals surface area (Å²) < 4.78 is 0. The molecule has 0 saturated carbocycles. The summed E-state index contributed by atoms with van der Waals surface area (Å²) in [5, 5.41) is 3.21. The minimum atomic E-state index is 0.151. The molecule has 1 aliphatic heterocycles. The maximum Gasteiger partial charge on any atom is 0.228 e. The van der Waals surface area contributed by atoms with Crippen molar-refractivity contribution < 1.29 is 4.79 Å². The van der Waals surface area contributed by atoms with Gasteiger partial charge in [-0.25, -0.2) is 0 Å². The number of amides is 1. The highest BCUT2D eigenvalue weighted by atomic mass is 16.2. The van der Waals surface area contributed by atoms with Gasteiger partial charge in [-0.2, -0.15) is 0 Å². The fourth-order valence-corrected chi connectivity index (χ4v) is 2.35. The maximum absolute atomic E-state index is 11.9. The molecule has 1 aliphatic rings. The van der Waals surface area contributed by atoms with E-state index in [1.165, 1.54) is 16.7 Å². The van der Waals surface area contributed by atoms with Crippen LogP contribution in [-0.2, 0) is 4.79 Å². The normalized spacial score (nSPS) is 19.9. The molecule has 0 aromatic heterocycles. The molecule has 0 aliphatic carbocycles. The molecule has 86 valence electrons. The molecule has 0 fully saturated rings. The number of benzene rings is 1. The maximum atomic E-state index is 11.9. The Balaban J connectivity index is 2.63. The van der Waals surface area contributed by atoms with Crippen LogP contribution in [0, 0.1) is 13.8 Å². The first kappa shape index (κ1) is 11.1. The zero-order valence-corrected chi connectivity index (χ0v) is 10.3. The zero-order valence-electron chi connectivity index (χ0n) is 10.3. The minimum Gasteiger partial charge on any atom is -0.315 e. The summed E-state index contributed by atoms with van der Waals surface area (Å²) in [6, 6.07) is 4.40. The number of anilines is 1. The van der Waals surface area contributed by atoms with Crippen LogP contribution in [0.4, 0.5) is 5.69 Å². The highest BCUT2D eigenvalue weighted by Gasteiger charge is 2.29. The second-order valence-corrected chi connectivity index (χ2v) is 4.44. The average molecular weight is 218 g/mol. The topological polar surface area (TPSA) is 32.3 Å². The van der Waals surface area contributed by atoms with Crippen molar-refractivity contribution in [2.45, 2.75) is 26.3 Å². The van der Waals surface area contributed by atoms with E-state index in [1.54, 1.807) is 4.90 Å². The van der Waals surface area contributed by atoms with Crippen LogP contribution in [0.1, 0.15) is 29.2 Å². The first-order valence-corrected chi connectivity index (χ1v) is 5.60. The molecule has 0 bridgehead atoms. The Bertz CT molecular complexity index is 440. The van der Waals surface area contributed by atoms with Crippen molar-refractivity contribution in [3.8, 4) is 0 Å². The Morgan fingerprint density at radius 3 is 2.69 bits per heavy atom. The Labute approximate surface area is 96.5 Å². The van der Waals surface area contributed by atoms with Crippen LogP contribution in [0.2, 0.25) is 0 Å². The average Bonchev–Trinajstić information content (AvgIpc) is 2.27. The summed E-state index contributed by atoms with van der Waals surface area (Å²) in [6.07, 6.45) is 0.544. The lowest BCUT2D eigenvalue weighted by Crippen LogP contribution is -2.37. The van der Waals surface area contributed by atoms with Crippen LogP contribution in [0.25, 0.3) is 0 Å². The molecule has 0 saturated heterocycles. The second kappa shape index (κ2) is 3.91. The lowest BCUT2D eigenvalue weighted by molar-refractivity contribution is -0.119. The van der Waals surface area contributed by atoms with Crippen molar-refractivity contribution in [2.24, 2.45) is 0 Å². The van der Waals surface area contributed by atoms with E-state index < -0.39 is 0 Å². The smallest absolute Gasteiger partial charge is 0.228 e. The molecule has 3 heteroatoms. The summed E-state index contributed by atoms with van der Waals surface area (Å²) in [6.45, 7) is 4.16. The number of hydrogen-bond donors (Lipinski definition) is 1. The monoisotopic (exact) mass is 218 g/mol. The van der Waals surface area contributed by atoms with Crippen molar-refractivity contribution >= 4 is 11.6 Å². The summed E-state index contributed by atoms with van der Waals surface area (Å²) in [5.74, 6) is 0.181. The molecule has 1 atom stereocenters. The van der Waals surface area contributed by atoms with Gasteiger partial charge in [0, 0.05) is 19.5 Å². The van der Waals surface area contributed by atoms with E-state index in [0.717, 1.165) is 5.69 Å². The number of carbonyl (C=O) groups is 1. The van der Waals surface area contributed by atoms with Crippen LogP contribution in [0.5, 0.6) is 0 Å². The van der Waals surface area contributed by atoms with E-state index in [0.29, 0.717) is 6.42 Å². The molecule has 1 amide bonds. The molecule has 0 radical (unpaired) electrons. The van der Waals surface area contributed by atoms with Gasteiger partial charge in [-0.05, 0) is 37.6 Å². The van der Waals surface area contributed by atoms with Crippen LogP contribution >= 0.6 is 0 Å². The van der Waals surface area contributed by atoms with Gasteiger partial charge in [-0.3, -0.25) is 4.79 Å². The molecule has 1 aromatic carbocycles. The van der Waals surface area contributed by atoms with Crippen LogP contribution < -0.4 is 10.2 Å². The molecule has 16 heavy (non-hydrogen) atoms. The standard InChI is InChI=1S/C13H18N2O/c1-8-5-6-10-11(14-3)7-12(16)15(4)13(10)9(8)2/h5-6,11,14H,7H2,1-4H3. The third-order valence-electron chi connectivity index (χ3n) is 3.55. The van der Waals surface area contributed by atoms with E-state index in [4.69, 9.17) is 0 Å². The molecule has 1 aromatic rings. The van der Waals surface area contributed by atoms with Gasteiger partial charge in [0.05, 0.1) is 5.69 Å². The highest BCUT2D eigenvalue weighted by molar-refractivity contribution is 5.97. The number of carbonyl (C=O) groups excluding carboxylic acids is 1. The second-order valence-electron chi connectivity index (χ2n) is 4.44. The number of hydrogen-bond acceptors (Lipinski definition) is 2. The van der Waals surface area contributed by atoms with Crippen LogP contribution in [0.15, 0.2) is 12.1 Å². The Hall–Kier alpha value is -1.35.